The highest BCUT2D eigenvalue weighted by atomic mass is 16.5. The molecule has 1 aromatic carbocycles. The van der Waals surface area contributed by atoms with Gasteiger partial charge in [0.05, 0.1) is 0 Å². The van der Waals surface area contributed by atoms with E-state index in [4.69, 9.17) is 4.74 Å². The fourth-order valence-electron chi connectivity index (χ4n) is 2.23. The molecule has 0 aliphatic carbocycles. The van der Waals surface area contributed by atoms with Crippen LogP contribution in [0.4, 0.5) is 0 Å². The Labute approximate surface area is 126 Å². The second-order valence-corrected chi connectivity index (χ2v) is 5.55. The molecule has 0 fully saturated rings. The molecular formula is C16H24N4O. The predicted octanol–water partition coefficient (Wildman–Crippen LogP) is 3.03. The van der Waals surface area contributed by atoms with Gasteiger partial charge in [0.1, 0.15) is 18.7 Å². The van der Waals surface area contributed by atoms with Gasteiger partial charge in [0.2, 0.25) is 0 Å². The van der Waals surface area contributed by atoms with Crippen LogP contribution in [0.25, 0.3) is 0 Å². The van der Waals surface area contributed by atoms with Crippen LogP contribution < -0.4 is 10.1 Å². The molecule has 1 unspecified atom stereocenters. The van der Waals surface area contributed by atoms with E-state index in [1.54, 1.807) is 6.33 Å². The minimum absolute atomic E-state index is 0.239. The predicted molar refractivity (Wildman–Crippen MR) is 83.4 cm³/mol. The van der Waals surface area contributed by atoms with Crippen molar-refractivity contribution in [3.05, 3.63) is 41.5 Å². The van der Waals surface area contributed by atoms with Gasteiger partial charge in [0, 0.05) is 17.6 Å². The maximum Gasteiger partial charge on any atom is 0.165 e. The summed E-state index contributed by atoms with van der Waals surface area (Å²) in [7, 11) is 1.95. The second-order valence-electron chi connectivity index (χ2n) is 5.55. The van der Waals surface area contributed by atoms with Gasteiger partial charge in [-0.25, -0.2) is 9.67 Å². The molecule has 0 spiro atoms. The lowest BCUT2D eigenvalue weighted by atomic mass is 10.1. The molecule has 1 aromatic heterocycles. The van der Waals surface area contributed by atoms with E-state index >= 15 is 0 Å². The third-order valence-electron chi connectivity index (χ3n) is 3.56. The Morgan fingerprint density at radius 2 is 2.05 bits per heavy atom. The molecule has 0 aliphatic rings. The molecule has 21 heavy (non-hydrogen) atoms. The van der Waals surface area contributed by atoms with Crippen LogP contribution in [0.3, 0.4) is 0 Å². The molecule has 1 atom stereocenters. The Morgan fingerprint density at radius 3 is 2.71 bits per heavy atom. The van der Waals surface area contributed by atoms with E-state index in [1.807, 2.05) is 11.7 Å². The zero-order chi connectivity index (χ0) is 15.4. The van der Waals surface area contributed by atoms with Crippen molar-refractivity contribution in [2.24, 2.45) is 0 Å². The summed E-state index contributed by atoms with van der Waals surface area (Å²) in [6.07, 6.45) is 1.58. The molecule has 0 amide bonds. The zero-order valence-corrected chi connectivity index (χ0v) is 13.4. The summed E-state index contributed by atoms with van der Waals surface area (Å²) in [5.41, 5.74) is 2.33. The number of rotatable bonds is 6. The van der Waals surface area contributed by atoms with Crippen molar-refractivity contribution in [3.63, 3.8) is 0 Å². The summed E-state index contributed by atoms with van der Waals surface area (Å²) in [5.74, 6) is 1.74. The van der Waals surface area contributed by atoms with E-state index in [9.17, 15) is 0 Å². The van der Waals surface area contributed by atoms with Crippen LogP contribution in [0, 0.1) is 6.92 Å². The van der Waals surface area contributed by atoms with E-state index in [2.05, 4.69) is 61.3 Å². The number of aromatic nitrogens is 3. The van der Waals surface area contributed by atoms with Crippen molar-refractivity contribution < 1.29 is 4.74 Å². The number of hydrogen-bond acceptors (Lipinski definition) is 4. The van der Waals surface area contributed by atoms with Crippen molar-refractivity contribution in [2.75, 3.05) is 7.05 Å². The Hall–Kier alpha value is -1.88. The van der Waals surface area contributed by atoms with Gasteiger partial charge in [-0.05, 0) is 46.4 Å². The number of aryl methyl sites for hydroxylation is 1. The van der Waals surface area contributed by atoms with Gasteiger partial charge < -0.3 is 10.1 Å². The van der Waals surface area contributed by atoms with Crippen LogP contribution in [-0.4, -0.2) is 21.8 Å². The van der Waals surface area contributed by atoms with Gasteiger partial charge in [-0.15, -0.1) is 0 Å². The number of ether oxygens (including phenoxy) is 1. The fraction of sp³-hybridized carbons (Fsp3) is 0.500. The third-order valence-corrected chi connectivity index (χ3v) is 3.56. The lowest BCUT2D eigenvalue weighted by Gasteiger charge is -2.17. The van der Waals surface area contributed by atoms with Crippen molar-refractivity contribution in [1.29, 1.82) is 0 Å². The SMILES string of the molecule is CNC(C)c1ccc(C)cc1OCc1ncnn1C(C)C. The van der Waals surface area contributed by atoms with Crippen LogP contribution in [0.15, 0.2) is 24.5 Å². The lowest BCUT2D eigenvalue weighted by Crippen LogP contribution is -2.15. The van der Waals surface area contributed by atoms with Crippen molar-refractivity contribution >= 4 is 0 Å². The van der Waals surface area contributed by atoms with E-state index < -0.39 is 0 Å². The fourth-order valence-corrected chi connectivity index (χ4v) is 2.23. The zero-order valence-electron chi connectivity index (χ0n) is 13.4. The number of hydrogen-bond donors (Lipinski definition) is 1. The topological polar surface area (TPSA) is 52.0 Å². The molecular weight excluding hydrogens is 264 g/mol. The third kappa shape index (κ3) is 3.61. The Balaban J connectivity index is 2.19. The first-order chi connectivity index (χ1) is 10.0. The molecule has 0 saturated carbocycles. The lowest BCUT2D eigenvalue weighted by molar-refractivity contribution is 0.277. The minimum Gasteiger partial charge on any atom is -0.485 e. The largest absolute Gasteiger partial charge is 0.485 e. The maximum atomic E-state index is 6.01. The summed E-state index contributed by atoms with van der Waals surface area (Å²) < 4.78 is 7.90. The van der Waals surface area contributed by atoms with E-state index in [0.29, 0.717) is 6.61 Å². The standard InChI is InChI=1S/C16H24N4O/c1-11(2)20-16(18-10-19-20)9-21-15-8-12(3)6-7-14(15)13(4)17-5/h6-8,10-11,13,17H,9H2,1-5H3. The molecule has 0 saturated heterocycles. The monoisotopic (exact) mass is 288 g/mol. The molecule has 2 rings (SSSR count). The molecule has 0 aliphatic heterocycles. The molecule has 1 N–H and O–H groups in total. The first kappa shape index (κ1) is 15.5. The first-order valence-electron chi connectivity index (χ1n) is 7.32. The molecule has 2 aromatic rings. The highest BCUT2D eigenvalue weighted by Crippen LogP contribution is 2.27. The van der Waals surface area contributed by atoms with Gasteiger partial charge in [0.15, 0.2) is 5.82 Å². The summed E-state index contributed by atoms with van der Waals surface area (Å²) in [6.45, 7) is 8.77. The molecule has 5 heteroatoms. The average molecular weight is 288 g/mol. The smallest absolute Gasteiger partial charge is 0.165 e. The normalized spacial score (nSPS) is 12.7. The van der Waals surface area contributed by atoms with Gasteiger partial charge in [-0.2, -0.15) is 5.10 Å². The quantitative estimate of drug-likeness (QED) is 0.887. The average Bonchev–Trinajstić information content (AvgIpc) is 2.93. The van der Waals surface area contributed by atoms with Gasteiger partial charge in [0.25, 0.3) is 0 Å². The van der Waals surface area contributed by atoms with Crippen LogP contribution in [0.1, 0.15) is 49.8 Å². The Bertz CT molecular complexity index is 592. The van der Waals surface area contributed by atoms with Crippen LogP contribution in [0.2, 0.25) is 0 Å². The highest BCUT2D eigenvalue weighted by Gasteiger charge is 2.13. The molecule has 114 valence electrons. The summed E-state index contributed by atoms with van der Waals surface area (Å²) in [4.78, 5) is 4.28. The van der Waals surface area contributed by atoms with Gasteiger partial charge in [-0.3, -0.25) is 0 Å². The molecule has 0 radical (unpaired) electrons. The number of benzene rings is 1. The first-order valence-corrected chi connectivity index (χ1v) is 7.32. The van der Waals surface area contributed by atoms with E-state index in [1.165, 1.54) is 5.56 Å². The van der Waals surface area contributed by atoms with Crippen molar-refractivity contribution in [2.45, 2.75) is 46.4 Å². The second kappa shape index (κ2) is 6.72. The summed E-state index contributed by atoms with van der Waals surface area (Å²) >= 11 is 0. The minimum atomic E-state index is 0.239. The van der Waals surface area contributed by atoms with Gasteiger partial charge in [-0.1, -0.05) is 12.1 Å². The van der Waals surface area contributed by atoms with Gasteiger partial charge >= 0.3 is 0 Å². The summed E-state index contributed by atoms with van der Waals surface area (Å²) in [6, 6.07) is 6.80. The highest BCUT2D eigenvalue weighted by molar-refractivity contribution is 5.39. The van der Waals surface area contributed by atoms with Crippen molar-refractivity contribution in [3.8, 4) is 5.75 Å². The van der Waals surface area contributed by atoms with E-state index in [-0.39, 0.29) is 12.1 Å². The molecule has 0 bridgehead atoms. The Kier molecular flexibility index (Phi) is 4.96. The number of nitrogens with one attached hydrogen (secondary N) is 1. The van der Waals surface area contributed by atoms with Crippen LogP contribution >= 0.6 is 0 Å². The Morgan fingerprint density at radius 1 is 1.29 bits per heavy atom. The van der Waals surface area contributed by atoms with Crippen molar-refractivity contribution in [1.82, 2.24) is 20.1 Å². The molecule has 5 nitrogen and oxygen atoms in total. The van der Waals surface area contributed by atoms with Crippen LogP contribution in [0.5, 0.6) is 5.75 Å². The maximum absolute atomic E-state index is 6.01. The van der Waals surface area contributed by atoms with E-state index in [0.717, 1.165) is 17.1 Å². The van der Waals surface area contributed by atoms with Crippen LogP contribution in [-0.2, 0) is 6.61 Å². The number of nitrogens with zero attached hydrogens (tertiary/aromatic N) is 3. The summed E-state index contributed by atoms with van der Waals surface area (Å²) in [5, 5.41) is 7.48. The molecule has 1 heterocycles.